The van der Waals surface area contributed by atoms with Crippen molar-refractivity contribution in [3.63, 3.8) is 0 Å². The van der Waals surface area contributed by atoms with E-state index < -0.39 is 0 Å². The van der Waals surface area contributed by atoms with Crippen molar-refractivity contribution >= 4 is 21.8 Å². The van der Waals surface area contributed by atoms with Gasteiger partial charge in [0.2, 0.25) is 0 Å². The molecule has 0 saturated heterocycles. The second-order valence-electron chi connectivity index (χ2n) is 8.03. The Kier molecular flexibility index (Phi) is 4.29. The van der Waals surface area contributed by atoms with Gasteiger partial charge in [0.05, 0.1) is 21.8 Å². The molecule has 3 heterocycles. The maximum absolute atomic E-state index is 13.3. The van der Waals surface area contributed by atoms with Crippen LogP contribution >= 0.6 is 0 Å². The number of aromatic nitrogens is 3. The highest BCUT2D eigenvalue weighted by molar-refractivity contribution is 5.91. The fourth-order valence-corrected chi connectivity index (χ4v) is 4.35. The lowest BCUT2D eigenvalue weighted by molar-refractivity contribution is 0.183. The van der Waals surface area contributed by atoms with Crippen LogP contribution in [0.3, 0.4) is 0 Å². The summed E-state index contributed by atoms with van der Waals surface area (Å²) in [5.74, 6) is 1.06. The molecule has 0 N–H and O–H groups in total. The number of hydrogen-bond acceptors (Lipinski definition) is 4. The monoisotopic (exact) mass is 366 g/mol. The number of nitrogens with zero attached hydrogens (tertiary/aromatic N) is 4. The van der Waals surface area contributed by atoms with Gasteiger partial charge >= 0.3 is 0 Å². The molecule has 0 unspecified atom stereocenters. The molecule has 1 aliphatic rings. The molecule has 4 rings (SSSR count). The van der Waals surface area contributed by atoms with Crippen molar-refractivity contribution in [3.05, 3.63) is 51.3 Å². The van der Waals surface area contributed by atoms with Gasteiger partial charge < -0.3 is 9.58 Å². The van der Waals surface area contributed by atoms with Gasteiger partial charge in [-0.1, -0.05) is 26.7 Å². The summed E-state index contributed by atoms with van der Waals surface area (Å²) in [6, 6.07) is 5.64. The van der Waals surface area contributed by atoms with E-state index in [1.807, 2.05) is 22.9 Å². The highest BCUT2D eigenvalue weighted by Crippen LogP contribution is 2.37. The molecule has 6 nitrogen and oxygen atoms in total. The molecule has 0 bridgehead atoms. The molecule has 0 radical (unpaired) electrons. The molecule has 142 valence electrons. The van der Waals surface area contributed by atoms with Gasteiger partial charge in [0, 0.05) is 32.5 Å². The summed E-state index contributed by atoms with van der Waals surface area (Å²) in [6.45, 7) is 4.50. The first-order valence-corrected chi connectivity index (χ1v) is 9.63. The van der Waals surface area contributed by atoms with Crippen LogP contribution in [-0.2, 0) is 0 Å². The van der Waals surface area contributed by atoms with Crippen LogP contribution in [0.2, 0.25) is 0 Å². The number of hydrogen-bond donors (Lipinski definition) is 0. The average Bonchev–Trinajstić information content (AvgIpc) is 2.64. The van der Waals surface area contributed by atoms with Crippen LogP contribution in [0.1, 0.15) is 39.2 Å². The lowest BCUT2D eigenvalue weighted by Gasteiger charge is -2.35. The van der Waals surface area contributed by atoms with Crippen molar-refractivity contribution in [2.24, 2.45) is 11.8 Å². The van der Waals surface area contributed by atoms with Crippen LogP contribution in [0.5, 0.6) is 0 Å². The van der Waals surface area contributed by atoms with Crippen LogP contribution in [0.4, 0.5) is 0 Å². The molecule has 3 aromatic rings. The van der Waals surface area contributed by atoms with Crippen molar-refractivity contribution < 1.29 is 0 Å². The smallest absolute Gasteiger partial charge is 0.278 e. The molecule has 0 aliphatic heterocycles. The van der Waals surface area contributed by atoms with Crippen molar-refractivity contribution in [2.45, 2.75) is 39.2 Å². The molecule has 0 amide bonds. The Labute approximate surface area is 158 Å². The molecule has 27 heavy (non-hydrogen) atoms. The quantitative estimate of drug-likeness (QED) is 0.655. The van der Waals surface area contributed by atoms with Crippen LogP contribution in [0.15, 0.2) is 40.2 Å². The first-order chi connectivity index (χ1) is 12.9. The second-order valence-corrected chi connectivity index (χ2v) is 8.03. The van der Waals surface area contributed by atoms with Crippen molar-refractivity contribution in [1.29, 1.82) is 0 Å². The fraction of sp³-hybridized carbons (Fsp3) is 0.476. The van der Waals surface area contributed by atoms with E-state index in [1.54, 1.807) is 31.4 Å². The Morgan fingerprint density at radius 3 is 2.37 bits per heavy atom. The molecule has 0 spiro atoms. The molecular formula is C21H26N4O2. The maximum atomic E-state index is 13.3. The summed E-state index contributed by atoms with van der Waals surface area (Å²) in [6.07, 6.45) is 6.96. The van der Waals surface area contributed by atoms with Crippen molar-refractivity contribution in [2.75, 3.05) is 19.1 Å². The SMILES string of the molecule is C[C@H]1[C@H](C)CCC[C@H]1n1ccc2nc3ccn(N(C)C)c(=O)c3cc2c1=O. The minimum Gasteiger partial charge on any atom is -0.316 e. The normalized spacial score (nSPS) is 23.0. The molecule has 1 aliphatic carbocycles. The zero-order valence-electron chi connectivity index (χ0n) is 16.3. The summed E-state index contributed by atoms with van der Waals surface area (Å²) in [7, 11) is 3.61. The summed E-state index contributed by atoms with van der Waals surface area (Å²) < 4.78 is 3.38. The van der Waals surface area contributed by atoms with E-state index in [9.17, 15) is 9.59 Å². The molecule has 3 aromatic heterocycles. The fourth-order valence-electron chi connectivity index (χ4n) is 4.35. The Hall–Kier alpha value is -2.63. The largest absolute Gasteiger partial charge is 0.316 e. The summed E-state index contributed by atoms with van der Waals surface area (Å²) in [5, 5.41) is 2.70. The summed E-state index contributed by atoms with van der Waals surface area (Å²) >= 11 is 0. The summed E-state index contributed by atoms with van der Waals surface area (Å²) in [5.41, 5.74) is 1.04. The Morgan fingerprint density at radius 2 is 1.67 bits per heavy atom. The van der Waals surface area contributed by atoms with Crippen molar-refractivity contribution in [1.82, 2.24) is 14.2 Å². The first kappa shape index (κ1) is 17.8. The van der Waals surface area contributed by atoms with Gasteiger partial charge in [0.15, 0.2) is 0 Å². The van der Waals surface area contributed by atoms with Gasteiger partial charge in [0.1, 0.15) is 0 Å². The van der Waals surface area contributed by atoms with E-state index in [1.165, 1.54) is 11.1 Å². The number of fused-ring (bicyclic) bond motifs is 2. The van der Waals surface area contributed by atoms with Crippen molar-refractivity contribution in [3.8, 4) is 0 Å². The molecule has 0 aromatic carbocycles. The minimum absolute atomic E-state index is 0.0486. The Bertz CT molecular complexity index is 1130. The van der Waals surface area contributed by atoms with E-state index in [0.717, 1.165) is 12.8 Å². The molecular weight excluding hydrogens is 340 g/mol. The Balaban J connectivity index is 1.94. The van der Waals surface area contributed by atoms with Crippen LogP contribution in [0.25, 0.3) is 21.8 Å². The minimum atomic E-state index is -0.165. The van der Waals surface area contributed by atoms with Gasteiger partial charge in [-0.15, -0.1) is 0 Å². The maximum Gasteiger partial charge on any atom is 0.278 e. The van der Waals surface area contributed by atoms with Gasteiger partial charge in [-0.3, -0.25) is 9.59 Å². The predicted octanol–water partition coefficient (Wildman–Crippen LogP) is 2.91. The number of pyridine rings is 3. The van der Waals surface area contributed by atoms with E-state index in [0.29, 0.717) is 33.6 Å². The van der Waals surface area contributed by atoms with E-state index in [4.69, 9.17) is 0 Å². The van der Waals surface area contributed by atoms with E-state index >= 15 is 0 Å². The average molecular weight is 366 g/mol. The third-order valence-electron chi connectivity index (χ3n) is 6.20. The highest BCUT2D eigenvalue weighted by Gasteiger charge is 2.29. The first-order valence-electron chi connectivity index (χ1n) is 9.63. The molecule has 1 saturated carbocycles. The topological polar surface area (TPSA) is 60.1 Å². The third kappa shape index (κ3) is 2.83. The number of rotatable bonds is 2. The van der Waals surface area contributed by atoms with Crippen LogP contribution < -0.4 is 16.1 Å². The standard InChI is InChI=1S/C21H26N4O2/c1-13-6-5-7-19(14(13)2)24-10-8-17-15(20(24)26)12-16-18(22-17)9-11-25(21(16)27)23(3)4/h8-14,19H,5-7H2,1-4H3/t13-,14+,19-/m1/s1. The molecule has 3 atom stereocenters. The predicted molar refractivity (Wildman–Crippen MR) is 109 cm³/mol. The zero-order chi connectivity index (χ0) is 19.3. The van der Waals surface area contributed by atoms with Crippen LogP contribution in [-0.4, -0.2) is 28.3 Å². The van der Waals surface area contributed by atoms with E-state index in [2.05, 4.69) is 18.8 Å². The van der Waals surface area contributed by atoms with Gasteiger partial charge in [0.25, 0.3) is 11.1 Å². The van der Waals surface area contributed by atoms with E-state index in [-0.39, 0.29) is 17.2 Å². The Morgan fingerprint density at radius 1 is 1.00 bits per heavy atom. The van der Waals surface area contributed by atoms with Gasteiger partial charge in [-0.2, -0.15) is 0 Å². The zero-order valence-corrected chi connectivity index (χ0v) is 16.3. The second kappa shape index (κ2) is 6.51. The lowest BCUT2D eigenvalue weighted by Crippen LogP contribution is -2.35. The lowest BCUT2D eigenvalue weighted by atomic mass is 9.78. The molecule has 6 heteroatoms. The molecule has 1 fully saturated rings. The summed E-state index contributed by atoms with van der Waals surface area (Å²) in [4.78, 5) is 30.6. The highest BCUT2D eigenvalue weighted by atomic mass is 16.1. The van der Waals surface area contributed by atoms with Gasteiger partial charge in [-0.25, -0.2) is 9.66 Å². The van der Waals surface area contributed by atoms with Crippen LogP contribution in [0, 0.1) is 11.8 Å². The van der Waals surface area contributed by atoms with Gasteiger partial charge in [-0.05, 0) is 36.5 Å². The third-order valence-corrected chi connectivity index (χ3v) is 6.20.